The van der Waals surface area contributed by atoms with Crippen LogP contribution in [0.5, 0.6) is 5.75 Å². The van der Waals surface area contributed by atoms with E-state index in [-0.39, 0.29) is 41.0 Å². The molecule has 2 aliphatic rings. The van der Waals surface area contributed by atoms with Gasteiger partial charge in [-0.1, -0.05) is 12.8 Å². The number of rotatable bonds is 5. The SMILES string of the molecule is COc1ccc(S(=O)(=O)N(C)[C@@H]2CCCC[C@H]2O)cc1N1C(=O)CCC1=O. The molecule has 2 fully saturated rings. The number of imide groups is 1. The maximum absolute atomic E-state index is 13.1. The van der Waals surface area contributed by atoms with Gasteiger partial charge in [0.1, 0.15) is 5.75 Å². The Morgan fingerprint density at radius 1 is 1.15 bits per heavy atom. The standard InChI is InChI=1S/C18H24N2O6S/c1-19(13-5-3-4-6-15(13)21)27(24,25)12-7-8-16(26-2)14(11-12)20-17(22)9-10-18(20)23/h7-8,11,13,15,21H,3-6,9-10H2,1-2H3/t13-,15-/m1/s1. The van der Waals surface area contributed by atoms with Crippen molar-refractivity contribution in [3.05, 3.63) is 18.2 Å². The van der Waals surface area contributed by atoms with E-state index >= 15 is 0 Å². The predicted octanol–water partition coefficient (Wildman–Crippen LogP) is 1.27. The zero-order valence-corrected chi connectivity index (χ0v) is 16.2. The van der Waals surface area contributed by atoms with Crippen LogP contribution in [-0.2, 0) is 19.6 Å². The van der Waals surface area contributed by atoms with Crippen LogP contribution in [0.4, 0.5) is 5.69 Å². The number of methoxy groups -OCH3 is 1. The maximum atomic E-state index is 13.1. The summed E-state index contributed by atoms with van der Waals surface area (Å²) in [7, 11) is -1.07. The number of aliphatic hydroxyl groups excluding tert-OH is 1. The Kier molecular flexibility index (Phi) is 5.55. The lowest BCUT2D eigenvalue weighted by Crippen LogP contribution is -2.46. The van der Waals surface area contributed by atoms with Crippen molar-refractivity contribution >= 4 is 27.5 Å². The molecule has 0 spiro atoms. The van der Waals surface area contributed by atoms with Gasteiger partial charge in [0.15, 0.2) is 0 Å². The Labute approximate surface area is 158 Å². The van der Waals surface area contributed by atoms with Crippen molar-refractivity contribution in [1.29, 1.82) is 0 Å². The molecular weight excluding hydrogens is 372 g/mol. The number of benzene rings is 1. The highest BCUT2D eigenvalue weighted by Crippen LogP contribution is 2.35. The largest absolute Gasteiger partial charge is 0.495 e. The number of carbonyl (C=O) groups excluding carboxylic acids is 2. The minimum absolute atomic E-state index is 0.0499. The zero-order valence-electron chi connectivity index (χ0n) is 15.4. The van der Waals surface area contributed by atoms with E-state index < -0.39 is 22.2 Å². The summed E-state index contributed by atoms with van der Waals surface area (Å²) in [4.78, 5) is 25.1. The number of ether oxygens (including phenoxy) is 1. The fourth-order valence-corrected chi connectivity index (χ4v) is 5.15. The summed E-state index contributed by atoms with van der Waals surface area (Å²) in [6.07, 6.45) is 2.35. The van der Waals surface area contributed by atoms with E-state index in [4.69, 9.17) is 4.74 Å². The van der Waals surface area contributed by atoms with E-state index in [1.807, 2.05) is 0 Å². The number of sulfonamides is 1. The minimum atomic E-state index is -3.92. The molecule has 0 unspecified atom stereocenters. The third-order valence-electron chi connectivity index (χ3n) is 5.28. The van der Waals surface area contributed by atoms with Crippen molar-refractivity contribution < 1.29 is 27.9 Å². The van der Waals surface area contributed by atoms with Gasteiger partial charge in [0.2, 0.25) is 21.8 Å². The third-order valence-corrected chi connectivity index (χ3v) is 7.16. The molecule has 1 aliphatic heterocycles. The molecule has 2 atom stereocenters. The summed E-state index contributed by atoms with van der Waals surface area (Å²) in [5, 5.41) is 10.2. The average Bonchev–Trinajstić information content (AvgIpc) is 2.99. The summed E-state index contributed by atoms with van der Waals surface area (Å²) >= 11 is 0. The normalized spacial score (nSPS) is 23.9. The highest BCUT2D eigenvalue weighted by Gasteiger charge is 2.36. The fourth-order valence-electron chi connectivity index (χ4n) is 3.71. The van der Waals surface area contributed by atoms with Gasteiger partial charge in [0.05, 0.1) is 29.8 Å². The van der Waals surface area contributed by atoms with E-state index in [1.54, 1.807) is 0 Å². The maximum Gasteiger partial charge on any atom is 0.243 e. The minimum Gasteiger partial charge on any atom is -0.495 e. The molecule has 9 heteroatoms. The molecule has 3 rings (SSSR count). The fraction of sp³-hybridized carbons (Fsp3) is 0.556. The lowest BCUT2D eigenvalue weighted by Gasteiger charge is -2.34. The lowest BCUT2D eigenvalue weighted by atomic mass is 9.93. The number of likely N-dealkylation sites (N-methyl/N-ethyl adjacent to an activating group) is 1. The van der Waals surface area contributed by atoms with E-state index in [0.717, 1.165) is 17.7 Å². The molecule has 27 heavy (non-hydrogen) atoms. The van der Waals surface area contributed by atoms with Gasteiger partial charge in [-0.25, -0.2) is 13.3 Å². The summed E-state index contributed by atoms with van der Waals surface area (Å²) in [6, 6.07) is 3.62. The Balaban J connectivity index is 1.99. The number of hydrogen-bond acceptors (Lipinski definition) is 6. The summed E-state index contributed by atoms with van der Waals surface area (Å²) in [6.45, 7) is 0. The van der Waals surface area contributed by atoms with Crippen molar-refractivity contribution in [2.75, 3.05) is 19.1 Å². The highest BCUT2D eigenvalue weighted by molar-refractivity contribution is 7.89. The van der Waals surface area contributed by atoms with Gasteiger partial charge in [0.25, 0.3) is 0 Å². The van der Waals surface area contributed by atoms with Crippen LogP contribution in [-0.4, -0.2) is 55.9 Å². The molecule has 0 aromatic heterocycles. The Morgan fingerprint density at radius 2 is 1.78 bits per heavy atom. The molecule has 0 bridgehead atoms. The van der Waals surface area contributed by atoms with Gasteiger partial charge >= 0.3 is 0 Å². The van der Waals surface area contributed by atoms with Crippen LogP contribution in [0.25, 0.3) is 0 Å². The first-order chi connectivity index (χ1) is 12.8. The van der Waals surface area contributed by atoms with Crippen LogP contribution in [0.3, 0.4) is 0 Å². The van der Waals surface area contributed by atoms with Gasteiger partial charge in [-0.15, -0.1) is 0 Å². The van der Waals surface area contributed by atoms with E-state index in [0.29, 0.717) is 12.8 Å². The number of aliphatic hydroxyl groups is 1. The summed E-state index contributed by atoms with van der Waals surface area (Å²) in [5.41, 5.74) is 0.128. The van der Waals surface area contributed by atoms with Crippen LogP contribution in [0.15, 0.2) is 23.1 Å². The van der Waals surface area contributed by atoms with Crippen LogP contribution >= 0.6 is 0 Å². The molecular formula is C18H24N2O6S. The number of anilines is 1. The Hall–Kier alpha value is -1.97. The van der Waals surface area contributed by atoms with Gasteiger partial charge in [0, 0.05) is 19.9 Å². The average molecular weight is 396 g/mol. The summed E-state index contributed by atoms with van der Waals surface area (Å²) < 4.78 is 32.6. The van der Waals surface area contributed by atoms with Crippen molar-refractivity contribution in [2.45, 2.75) is 55.6 Å². The molecule has 1 saturated carbocycles. The molecule has 0 radical (unpaired) electrons. The molecule has 1 saturated heterocycles. The first kappa shape index (κ1) is 19.8. The Bertz CT molecular complexity index is 837. The lowest BCUT2D eigenvalue weighted by molar-refractivity contribution is -0.121. The van der Waals surface area contributed by atoms with Gasteiger partial charge in [-0.3, -0.25) is 9.59 Å². The first-order valence-corrected chi connectivity index (χ1v) is 10.4. The summed E-state index contributed by atoms with van der Waals surface area (Å²) in [5.74, 6) is -0.522. The predicted molar refractivity (Wildman–Crippen MR) is 97.9 cm³/mol. The first-order valence-electron chi connectivity index (χ1n) is 8.97. The number of amides is 2. The molecule has 1 aliphatic carbocycles. The smallest absolute Gasteiger partial charge is 0.243 e. The second kappa shape index (κ2) is 7.57. The van der Waals surface area contributed by atoms with Gasteiger partial charge in [-0.05, 0) is 31.0 Å². The third kappa shape index (κ3) is 3.59. The molecule has 1 heterocycles. The van der Waals surface area contributed by atoms with E-state index in [2.05, 4.69) is 0 Å². The monoisotopic (exact) mass is 396 g/mol. The molecule has 1 aromatic carbocycles. The quantitative estimate of drug-likeness (QED) is 0.752. The molecule has 2 amide bonds. The van der Waals surface area contributed by atoms with Crippen molar-refractivity contribution in [2.24, 2.45) is 0 Å². The van der Waals surface area contributed by atoms with E-state index in [1.165, 1.54) is 36.7 Å². The van der Waals surface area contributed by atoms with Gasteiger partial charge in [-0.2, -0.15) is 4.31 Å². The molecule has 1 N–H and O–H groups in total. The molecule has 148 valence electrons. The van der Waals surface area contributed by atoms with Crippen molar-refractivity contribution in [1.82, 2.24) is 4.31 Å². The van der Waals surface area contributed by atoms with Crippen LogP contribution in [0.2, 0.25) is 0 Å². The van der Waals surface area contributed by atoms with Crippen LogP contribution < -0.4 is 9.64 Å². The Morgan fingerprint density at radius 3 is 2.37 bits per heavy atom. The topological polar surface area (TPSA) is 104 Å². The zero-order chi connectivity index (χ0) is 19.8. The van der Waals surface area contributed by atoms with E-state index in [9.17, 15) is 23.1 Å². The van der Waals surface area contributed by atoms with Crippen LogP contribution in [0.1, 0.15) is 38.5 Å². The van der Waals surface area contributed by atoms with Gasteiger partial charge < -0.3 is 9.84 Å². The molecule has 8 nitrogen and oxygen atoms in total. The van der Waals surface area contributed by atoms with Crippen molar-refractivity contribution in [3.8, 4) is 5.75 Å². The van der Waals surface area contributed by atoms with Crippen molar-refractivity contribution in [3.63, 3.8) is 0 Å². The number of nitrogens with zero attached hydrogens (tertiary/aromatic N) is 2. The second-order valence-electron chi connectivity index (χ2n) is 6.90. The molecule has 1 aromatic rings. The van der Waals surface area contributed by atoms with Crippen LogP contribution in [0, 0.1) is 0 Å². The second-order valence-corrected chi connectivity index (χ2v) is 8.89. The highest BCUT2D eigenvalue weighted by atomic mass is 32.2. The number of hydrogen-bond donors (Lipinski definition) is 1. The number of carbonyl (C=O) groups is 2.